The molecule has 14 heavy (non-hydrogen) atoms. The average molecular weight is 235 g/mol. The van der Waals surface area contributed by atoms with Crippen molar-refractivity contribution < 1.29 is 14.7 Å². The number of thiol groups is 1. The molecule has 80 valence electrons. The number of hydrogen-bond donors (Lipinski definition) is 2. The van der Waals surface area contributed by atoms with Gasteiger partial charge in [-0.25, -0.2) is 4.79 Å². The van der Waals surface area contributed by atoms with Crippen LogP contribution in [0.4, 0.5) is 0 Å². The highest BCUT2D eigenvalue weighted by Crippen LogP contribution is 2.12. The lowest BCUT2D eigenvalue weighted by Gasteiger charge is -2.20. The lowest BCUT2D eigenvalue weighted by molar-refractivity contribution is -0.144. The fourth-order valence-electron chi connectivity index (χ4n) is 0.709. The molecule has 0 spiro atoms. The summed E-state index contributed by atoms with van der Waals surface area (Å²) in [5, 5.41) is 10.6. The quantitative estimate of drug-likeness (QED) is 0.707. The van der Waals surface area contributed by atoms with Gasteiger partial charge >= 0.3 is 5.97 Å². The van der Waals surface area contributed by atoms with E-state index in [1.165, 1.54) is 18.7 Å². The van der Waals surface area contributed by atoms with Crippen LogP contribution in [0.3, 0.4) is 0 Å². The second-order valence-corrected chi connectivity index (χ2v) is 3.89. The number of allylic oxidation sites excluding steroid dienone is 1. The van der Waals surface area contributed by atoms with E-state index in [9.17, 15) is 9.59 Å². The smallest absolute Gasteiger partial charge is 0.328 e. The maximum atomic E-state index is 10.9. The molecule has 1 unspecified atom stereocenters. The van der Waals surface area contributed by atoms with Crippen molar-refractivity contribution >= 4 is 36.5 Å². The molecule has 0 fully saturated rings. The van der Waals surface area contributed by atoms with Gasteiger partial charge in [-0.2, -0.15) is 0 Å². The number of rotatable bonds is 5. The Bertz CT molecular complexity index is 243. The molecule has 0 aromatic carbocycles. The van der Waals surface area contributed by atoms with Crippen molar-refractivity contribution in [2.24, 2.45) is 0 Å². The summed E-state index contributed by atoms with van der Waals surface area (Å²) in [6, 6.07) is -0.892. The highest BCUT2D eigenvalue weighted by molar-refractivity contribution is 8.02. The minimum atomic E-state index is -1.05. The Morgan fingerprint density at radius 3 is 2.57 bits per heavy atom. The molecule has 0 bridgehead atoms. The lowest BCUT2D eigenvalue weighted by atomic mass is 10.3. The molecule has 0 aliphatic rings. The highest BCUT2D eigenvalue weighted by Gasteiger charge is 2.24. The van der Waals surface area contributed by atoms with Crippen LogP contribution in [-0.4, -0.2) is 33.1 Å². The zero-order valence-corrected chi connectivity index (χ0v) is 9.72. The molecule has 0 rings (SSSR count). The van der Waals surface area contributed by atoms with Gasteiger partial charge in [-0.05, 0) is 12.3 Å². The number of hydrogen-bond acceptors (Lipinski definition) is 4. The summed E-state index contributed by atoms with van der Waals surface area (Å²) in [5.41, 5.74) is 0. The molecule has 0 aliphatic carbocycles. The molecule has 0 saturated heterocycles. The maximum absolute atomic E-state index is 10.9. The van der Waals surface area contributed by atoms with Crippen LogP contribution in [0.15, 0.2) is 11.5 Å². The van der Waals surface area contributed by atoms with Crippen LogP contribution in [0, 0.1) is 0 Å². The van der Waals surface area contributed by atoms with Crippen LogP contribution in [0.25, 0.3) is 0 Å². The Morgan fingerprint density at radius 1 is 1.64 bits per heavy atom. The summed E-state index contributed by atoms with van der Waals surface area (Å²) in [6.45, 7) is 3.12. The molecule has 0 saturated carbocycles. The zero-order valence-electron chi connectivity index (χ0n) is 8.01. The fraction of sp³-hybridized carbons (Fsp3) is 0.500. The molecule has 0 aromatic rings. The number of carboxylic acids is 1. The zero-order chi connectivity index (χ0) is 11.1. The van der Waals surface area contributed by atoms with E-state index in [-0.39, 0.29) is 5.91 Å². The van der Waals surface area contributed by atoms with E-state index in [2.05, 4.69) is 12.8 Å². The van der Waals surface area contributed by atoms with Gasteiger partial charge in [0.1, 0.15) is 6.04 Å². The summed E-state index contributed by atoms with van der Waals surface area (Å²) in [6.07, 6.45) is 1.81. The fourth-order valence-corrected chi connectivity index (χ4v) is 1.78. The van der Waals surface area contributed by atoms with Gasteiger partial charge in [0, 0.05) is 12.7 Å². The van der Waals surface area contributed by atoms with Gasteiger partial charge < -0.3 is 5.11 Å². The number of amides is 1. The number of carbonyl (C=O) groups is 2. The summed E-state index contributed by atoms with van der Waals surface area (Å²) in [5.74, 6) is -1.13. The van der Waals surface area contributed by atoms with E-state index < -0.39 is 12.0 Å². The first-order valence-corrected chi connectivity index (χ1v) is 5.39. The van der Waals surface area contributed by atoms with Crippen LogP contribution in [0.2, 0.25) is 0 Å². The predicted octanol–water partition coefficient (Wildman–Crippen LogP) is 1.40. The van der Waals surface area contributed by atoms with Crippen molar-refractivity contribution in [1.29, 1.82) is 0 Å². The summed E-state index contributed by atoms with van der Waals surface area (Å²) in [7, 11) is 0. The Balaban J connectivity index is 4.29. The SMILES string of the molecule is CC=CSCC(C(=O)O)N(S)C(C)=O. The summed E-state index contributed by atoms with van der Waals surface area (Å²) >= 11 is 5.16. The van der Waals surface area contributed by atoms with E-state index in [1.54, 1.807) is 11.5 Å². The third-order valence-electron chi connectivity index (χ3n) is 1.39. The van der Waals surface area contributed by atoms with Crippen LogP contribution in [-0.2, 0) is 9.59 Å². The first-order valence-electron chi connectivity index (χ1n) is 3.95. The molecule has 1 amide bonds. The summed E-state index contributed by atoms with van der Waals surface area (Å²) in [4.78, 5) is 21.6. The van der Waals surface area contributed by atoms with E-state index in [1.807, 2.05) is 6.92 Å². The van der Waals surface area contributed by atoms with Gasteiger partial charge in [0.05, 0.1) is 0 Å². The first-order chi connectivity index (χ1) is 6.50. The normalized spacial score (nSPS) is 12.8. The van der Waals surface area contributed by atoms with Gasteiger partial charge in [0.25, 0.3) is 0 Å². The topological polar surface area (TPSA) is 57.6 Å². The number of carbonyl (C=O) groups excluding carboxylic acids is 1. The van der Waals surface area contributed by atoms with E-state index >= 15 is 0 Å². The number of carboxylic acid groups (broad SMARTS) is 1. The third kappa shape index (κ3) is 4.57. The number of thioether (sulfide) groups is 1. The average Bonchev–Trinajstić information content (AvgIpc) is 2.10. The van der Waals surface area contributed by atoms with Gasteiger partial charge in [-0.1, -0.05) is 18.9 Å². The van der Waals surface area contributed by atoms with Crippen molar-refractivity contribution in [3.05, 3.63) is 11.5 Å². The maximum Gasteiger partial charge on any atom is 0.328 e. The lowest BCUT2D eigenvalue weighted by Crippen LogP contribution is -2.39. The number of nitrogens with zero attached hydrogens (tertiary/aromatic N) is 1. The van der Waals surface area contributed by atoms with Crippen LogP contribution in [0.1, 0.15) is 13.8 Å². The minimum absolute atomic E-state index is 0.294. The molecule has 0 aliphatic heterocycles. The largest absolute Gasteiger partial charge is 0.480 e. The van der Waals surface area contributed by atoms with Crippen molar-refractivity contribution in [2.45, 2.75) is 19.9 Å². The van der Waals surface area contributed by atoms with Crippen LogP contribution < -0.4 is 0 Å². The Morgan fingerprint density at radius 2 is 2.21 bits per heavy atom. The van der Waals surface area contributed by atoms with Crippen LogP contribution >= 0.6 is 24.6 Å². The molecular weight excluding hydrogens is 222 g/mol. The second-order valence-electron chi connectivity index (χ2n) is 2.52. The summed E-state index contributed by atoms with van der Waals surface area (Å²) < 4.78 is 0.929. The van der Waals surface area contributed by atoms with E-state index in [4.69, 9.17) is 5.11 Å². The van der Waals surface area contributed by atoms with Gasteiger partial charge in [-0.15, -0.1) is 11.8 Å². The third-order valence-corrected chi connectivity index (χ3v) is 2.92. The Labute approximate surface area is 92.9 Å². The number of aliphatic carboxylic acids is 1. The molecule has 4 nitrogen and oxygen atoms in total. The molecule has 1 N–H and O–H groups in total. The minimum Gasteiger partial charge on any atom is -0.480 e. The predicted molar refractivity (Wildman–Crippen MR) is 60.2 cm³/mol. The molecule has 0 heterocycles. The molecule has 6 heteroatoms. The Hall–Kier alpha value is -0.620. The molecular formula is C8H13NO3S2. The van der Waals surface area contributed by atoms with Crippen molar-refractivity contribution in [3.63, 3.8) is 0 Å². The molecule has 0 aromatic heterocycles. The van der Waals surface area contributed by atoms with Crippen molar-refractivity contribution in [1.82, 2.24) is 4.31 Å². The van der Waals surface area contributed by atoms with E-state index in [0.29, 0.717) is 5.75 Å². The van der Waals surface area contributed by atoms with E-state index in [0.717, 1.165) is 4.31 Å². The van der Waals surface area contributed by atoms with Gasteiger partial charge in [0.2, 0.25) is 5.91 Å². The van der Waals surface area contributed by atoms with Gasteiger partial charge in [-0.3, -0.25) is 9.10 Å². The van der Waals surface area contributed by atoms with Crippen LogP contribution in [0.5, 0.6) is 0 Å². The Kier molecular flexibility index (Phi) is 6.48. The molecule has 1 atom stereocenters. The highest BCUT2D eigenvalue weighted by atomic mass is 32.2. The second kappa shape index (κ2) is 6.78. The van der Waals surface area contributed by atoms with Gasteiger partial charge in [0.15, 0.2) is 0 Å². The standard InChI is InChI=1S/C8H13NO3S2/c1-3-4-14-5-7(8(11)12)9(13)6(2)10/h3-4,7,13H,5H2,1-2H3,(H,11,12). The molecule has 0 radical (unpaired) electrons. The monoisotopic (exact) mass is 235 g/mol. The first kappa shape index (κ1) is 13.4. The van der Waals surface area contributed by atoms with Crippen molar-refractivity contribution in [3.8, 4) is 0 Å². The van der Waals surface area contributed by atoms with Crippen molar-refractivity contribution in [2.75, 3.05) is 5.75 Å².